The minimum atomic E-state index is 0.148. The van der Waals surface area contributed by atoms with Gasteiger partial charge in [0.05, 0.1) is 17.3 Å². The summed E-state index contributed by atoms with van der Waals surface area (Å²) in [7, 11) is 0. The highest BCUT2D eigenvalue weighted by atomic mass is 32.1. The molecule has 0 saturated carbocycles. The van der Waals surface area contributed by atoms with Gasteiger partial charge in [0.2, 0.25) is 0 Å². The minimum absolute atomic E-state index is 0.148. The zero-order valence-corrected chi connectivity index (χ0v) is 14.8. The van der Waals surface area contributed by atoms with E-state index in [0.717, 1.165) is 34.9 Å². The van der Waals surface area contributed by atoms with E-state index in [1.807, 2.05) is 6.92 Å². The third-order valence-electron chi connectivity index (χ3n) is 4.13. The molecule has 0 bridgehead atoms. The quantitative estimate of drug-likeness (QED) is 0.823. The van der Waals surface area contributed by atoms with Crippen LogP contribution in [0.4, 0.5) is 0 Å². The Labute approximate surface area is 137 Å². The van der Waals surface area contributed by atoms with Gasteiger partial charge in [0.25, 0.3) is 0 Å². The van der Waals surface area contributed by atoms with Gasteiger partial charge >= 0.3 is 0 Å². The van der Waals surface area contributed by atoms with Gasteiger partial charge in [0.15, 0.2) is 0 Å². The summed E-state index contributed by atoms with van der Waals surface area (Å²) in [5.74, 6) is 0.905. The molecule has 120 valence electrons. The van der Waals surface area contributed by atoms with E-state index in [-0.39, 0.29) is 5.41 Å². The van der Waals surface area contributed by atoms with Gasteiger partial charge in [-0.3, -0.25) is 0 Å². The highest BCUT2D eigenvalue weighted by Crippen LogP contribution is 2.36. The molecule has 1 aromatic carbocycles. The summed E-state index contributed by atoms with van der Waals surface area (Å²) in [6, 6.07) is 6.48. The summed E-state index contributed by atoms with van der Waals surface area (Å²) in [6.45, 7) is 10.1. The lowest BCUT2D eigenvalue weighted by Gasteiger charge is -2.24. The maximum Gasteiger partial charge on any atom is 0.128 e. The molecule has 2 aromatic rings. The summed E-state index contributed by atoms with van der Waals surface area (Å²) in [5, 5.41) is 3.19. The zero-order chi connectivity index (χ0) is 16.2. The second-order valence-corrected chi connectivity index (χ2v) is 6.99. The fourth-order valence-corrected chi connectivity index (χ4v) is 3.12. The van der Waals surface area contributed by atoms with Crippen molar-refractivity contribution in [3.8, 4) is 17.0 Å². The number of hydrogen-bond donors (Lipinski definition) is 1. The second-order valence-electron chi connectivity index (χ2n) is 6.05. The van der Waals surface area contributed by atoms with E-state index in [1.165, 1.54) is 5.56 Å². The van der Waals surface area contributed by atoms with Gasteiger partial charge in [-0.15, -0.1) is 11.3 Å². The van der Waals surface area contributed by atoms with Crippen molar-refractivity contribution in [2.45, 2.75) is 46.0 Å². The van der Waals surface area contributed by atoms with Gasteiger partial charge in [-0.05, 0) is 43.0 Å². The van der Waals surface area contributed by atoms with Crippen LogP contribution in [-0.2, 0) is 11.8 Å². The summed E-state index contributed by atoms with van der Waals surface area (Å²) in [6.07, 6.45) is 1.92. The van der Waals surface area contributed by atoms with Gasteiger partial charge in [-0.1, -0.05) is 26.8 Å². The Hall–Kier alpha value is -1.39. The molecule has 2 N–H and O–H groups in total. The largest absolute Gasteiger partial charge is 0.493 e. The van der Waals surface area contributed by atoms with Crippen LogP contribution in [0, 0.1) is 0 Å². The summed E-state index contributed by atoms with van der Waals surface area (Å²) in [4.78, 5) is 4.72. The van der Waals surface area contributed by atoms with E-state index >= 15 is 0 Å². The van der Waals surface area contributed by atoms with Crippen LogP contribution in [0.15, 0.2) is 23.6 Å². The number of rotatable bonds is 7. The topological polar surface area (TPSA) is 48.1 Å². The molecule has 1 heterocycles. The van der Waals surface area contributed by atoms with Gasteiger partial charge in [0.1, 0.15) is 5.75 Å². The third-order valence-corrected chi connectivity index (χ3v) is 5.04. The number of nitrogens with zero attached hydrogens (tertiary/aromatic N) is 1. The van der Waals surface area contributed by atoms with Gasteiger partial charge in [-0.25, -0.2) is 4.98 Å². The molecule has 2 rings (SSSR count). The molecular formula is C18H26N2OS. The first-order valence-corrected chi connectivity index (χ1v) is 8.82. The van der Waals surface area contributed by atoms with E-state index in [0.29, 0.717) is 13.2 Å². The van der Waals surface area contributed by atoms with Crippen LogP contribution < -0.4 is 10.5 Å². The van der Waals surface area contributed by atoms with Crippen molar-refractivity contribution in [2.24, 2.45) is 5.73 Å². The number of thiazole rings is 1. The molecule has 4 heteroatoms. The van der Waals surface area contributed by atoms with Crippen LogP contribution >= 0.6 is 11.3 Å². The summed E-state index contributed by atoms with van der Waals surface area (Å²) < 4.78 is 5.80. The van der Waals surface area contributed by atoms with E-state index in [2.05, 4.69) is 44.4 Å². The van der Waals surface area contributed by atoms with Crippen LogP contribution in [-0.4, -0.2) is 18.1 Å². The summed E-state index contributed by atoms with van der Waals surface area (Å²) in [5.41, 5.74) is 9.17. The lowest BCUT2D eigenvalue weighted by molar-refractivity contribution is 0.341. The first kappa shape index (κ1) is 17.0. The number of ether oxygens (including phenoxy) is 1. The van der Waals surface area contributed by atoms with Gasteiger partial charge < -0.3 is 10.5 Å². The molecule has 0 aliphatic rings. The van der Waals surface area contributed by atoms with E-state index in [4.69, 9.17) is 15.5 Å². The Morgan fingerprint density at radius 1 is 1.27 bits per heavy atom. The molecule has 0 aliphatic carbocycles. The smallest absolute Gasteiger partial charge is 0.128 e. The third kappa shape index (κ3) is 3.68. The van der Waals surface area contributed by atoms with E-state index in [1.54, 1.807) is 11.3 Å². The summed E-state index contributed by atoms with van der Waals surface area (Å²) >= 11 is 1.67. The minimum Gasteiger partial charge on any atom is -0.493 e. The Kier molecular flexibility index (Phi) is 5.59. The van der Waals surface area contributed by atoms with E-state index in [9.17, 15) is 0 Å². The van der Waals surface area contributed by atoms with Crippen LogP contribution in [0.5, 0.6) is 5.75 Å². The fourth-order valence-electron chi connectivity index (χ4n) is 2.31. The fraction of sp³-hybridized carbons (Fsp3) is 0.500. The first-order valence-electron chi connectivity index (χ1n) is 7.94. The maximum absolute atomic E-state index is 5.80. The second kappa shape index (κ2) is 7.25. The number of benzene rings is 1. The average molecular weight is 318 g/mol. The molecule has 0 atom stereocenters. The SMILES string of the molecule is CCOc1ccc(C(C)(C)CC)cc1-c1csc(CCN)n1. The molecule has 0 radical (unpaired) electrons. The molecular weight excluding hydrogens is 292 g/mol. The van der Waals surface area contributed by atoms with Crippen LogP contribution in [0.25, 0.3) is 11.3 Å². The Balaban J connectivity index is 2.47. The van der Waals surface area contributed by atoms with Crippen molar-refractivity contribution in [3.05, 3.63) is 34.2 Å². The Morgan fingerprint density at radius 2 is 2.05 bits per heavy atom. The van der Waals surface area contributed by atoms with Crippen LogP contribution in [0.3, 0.4) is 0 Å². The molecule has 3 nitrogen and oxygen atoms in total. The average Bonchev–Trinajstić information content (AvgIpc) is 2.96. The van der Waals surface area contributed by atoms with Crippen molar-refractivity contribution in [1.29, 1.82) is 0 Å². The number of hydrogen-bond acceptors (Lipinski definition) is 4. The Morgan fingerprint density at radius 3 is 2.68 bits per heavy atom. The highest BCUT2D eigenvalue weighted by molar-refractivity contribution is 7.09. The molecule has 0 aliphatic heterocycles. The van der Waals surface area contributed by atoms with Gasteiger partial charge in [-0.2, -0.15) is 0 Å². The van der Waals surface area contributed by atoms with Crippen molar-refractivity contribution in [1.82, 2.24) is 4.98 Å². The van der Waals surface area contributed by atoms with Crippen molar-refractivity contribution in [2.75, 3.05) is 13.2 Å². The molecule has 0 fully saturated rings. The predicted octanol–water partition coefficient (Wildman–Crippen LogP) is 4.40. The molecule has 0 amide bonds. The maximum atomic E-state index is 5.80. The molecule has 22 heavy (non-hydrogen) atoms. The predicted molar refractivity (Wildman–Crippen MR) is 94.8 cm³/mol. The number of nitrogens with two attached hydrogens (primary N) is 1. The monoisotopic (exact) mass is 318 g/mol. The normalized spacial score (nSPS) is 11.7. The number of aromatic nitrogens is 1. The van der Waals surface area contributed by atoms with Crippen LogP contribution in [0.2, 0.25) is 0 Å². The van der Waals surface area contributed by atoms with E-state index < -0.39 is 0 Å². The molecule has 0 saturated heterocycles. The van der Waals surface area contributed by atoms with Crippen molar-refractivity contribution < 1.29 is 4.74 Å². The van der Waals surface area contributed by atoms with Crippen molar-refractivity contribution >= 4 is 11.3 Å². The Bertz CT molecular complexity index is 619. The van der Waals surface area contributed by atoms with Crippen molar-refractivity contribution in [3.63, 3.8) is 0 Å². The first-order chi connectivity index (χ1) is 10.5. The molecule has 0 unspecified atom stereocenters. The highest BCUT2D eigenvalue weighted by Gasteiger charge is 2.21. The zero-order valence-electron chi connectivity index (χ0n) is 14.0. The standard InChI is InChI=1S/C18H26N2OS/c1-5-18(3,4)13-7-8-16(21-6-2)14(11-13)15-12-22-17(20-15)9-10-19/h7-8,11-12H,5-6,9-10,19H2,1-4H3. The molecule has 0 spiro atoms. The molecule has 1 aromatic heterocycles. The lowest BCUT2D eigenvalue weighted by atomic mass is 9.81. The van der Waals surface area contributed by atoms with Crippen LogP contribution in [0.1, 0.15) is 44.7 Å². The lowest BCUT2D eigenvalue weighted by Crippen LogP contribution is -2.15. The van der Waals surface area contributed by atoms with Gasteiger partial charge in [0, 0.05) is 17.4 Å².